The van der Waals surface area contributed by atoms with Crippen molar-refractivity contribution < 1.29 is 4.42 Å². The van der Waals surface area contributed by atoms with Crippen molar-refractivity contribution in [3.63, 3.8) is 0 Å². The van der Waals surface area contributed by atoms with Gasteiger partial charge in [-0.15, -0.1) is 0 Å². The summed E-state index contributed by atoms with van der Waals surface area (Å²) in [5.41, 5.74) is 6.33. The van der Waals surface area contributed by atoms with Crippen LogP contribution in [0.5, 0.6) is 0 Å². The van der Waals surface area contributed by atoms with Gasteiger partial charge in [0.2, 0.25) is 0 Å². The molecule has 0 spiro atoms. The zero-order chi connectivity index (χ0) is 21.6. The lowest BCUT2D eigenvalue weighted by atomic mass is 9.99. The largest absolute Gasteiger partial charge is 0.464 e. The predicted molar refractivity (Wildman–Crippen MR) is 133 cm³/mol. The summed E-state index contributed by atoms with van der Waals surface area (Å²) < 4.78 is 5.55. The van der Waals surface area contributed by atoms with Gasteiger partial charge < -0.3 is 4.42 Å². The highest BCUT2D eigenvalue weighted by Gasteiger charge is 2.13. The van der Waals surface area contributed by atoms with Crippen LogP contribution in [-0.4, -0.2) is 5.71 Å². The van der Waals surface area contributed by atoms with Gasteiger partial charge in [-0.3, -0.25) is 4.99 Å². The van der Waals surface area contributed by atoms with E-state index in [4.69, 9.17) is 9.41 Å². The van der Waals surface area contributed by atoms with Crippen LogP contribution in [0.25, 0.3) is 17.0 Å². The third kappa shape index (κ3) is 4.45. The van der Waals surface area contributed by atoms with E-state index in [9.17, 15) is 0 Å². The van der Waals surface area contributed by atoms with E-state index >= 15 is 0 Å². The van der Waals surface area contributed by atoms with Gasteiger partial charge in [0.15, 0.2) is 0 Å². The van der Waals surface area contributed by atoms with Gasteiger partial charge in [-0.05, 0) is 29.3 Å². The van der Waals surface area contributed by atoms with Crippen molar-refractivity contribution in [1.82, 2.24) is 0 Å². The lowest BCUT2D eigenvalue weighted by molar-refractivity contribution is 0.615. The fourth-order valence-electron chi connectivity index (χ4n) is 3.81. The Labute approximate surface area is 188 Å². The summed E-state index contributed by atoms with van der Waals surface area (Å²) in [5, 5.41) is 1.08. The standard InChI is InChI=1S/C30H23NO/c1-4-10-23(11-5-1)16-18-28(26-17-19-29-27(22-26)20-21-32-29)31-30(24-12-6-2-7-13-24)25-14-8-3-9-15-25/h1-22,28H/b18-16+. The minimum Gasteiger partial charge on any atom is -0.464 e. The molecule has 0 bridgehead atoms. The first kappa shape index (κ1) is 19.8. The van der Waals surface area contributed by atoms with Crippen LogP contribution in [-0.2, 0) is 0 Å². The summed E-state index contributed by atoms with van der Waals surface area (Å²) in [7, 11) is 0. The third-order valence-electron chi connectivity index (χ3n) is 5.45. The topological polar surface area (TPSA) is 25.5 Å². The monoisotopic (exact) mass is 413 g/mol. The normalized spacial score (nSPS) is 12.1. The maximum absolute atomic E-state index is 5.55. The molecule has 1 aromatic heterocycles. The Hall–Kier alpha value is -4.17. The van der Waals surface area contributed by atoms with Gasteiger partial charge in [0.1, 0.15) is 5.58 Å². The number of rotatable bonds is 6. The first-order valence-corrected chi connectivity index (χ1v) is 10.8. The van der Waals surface area contributed by atoms with Crippen LogP contribution in [0.3, 0.4) is 0 Å². The molecule has 2 heteroatoms. The molecule has 0 radical (unpaired) electrons. The molecular weight excluding hydrogens is 390 g/mol. The highest BCUT2D eigenvalue weighted by molar-refractivity contribution is 6.13. The molecular formula is C30H23NO. The average molecular weight is 414 g/mol. The summed E-state index contributed by atoms with van der Waals surface area (Å²) in [6.07, 6.45) is 6.04. The first-order valence-electron chi connectivity index (χ1n) is 10.8. The van der Waals surface area contributed by atoms with Crippen LogP contribution >= 0.6 is 0 Å². The van der Waals surface area contributed by atoms with Gasteiger partial charge in [-0.2, -0.15) is 0 Å². The lowest BCUT2D eigenvalue weighted by Crippen LogP contribution is -2.06. The molecule has 1 unspecified atom stereocenters. The van der Waals surface area contributed by atoms with E-state index in [1.807, 2.05) is 30.3 Å². The highest BCUT2D eigenvalue weighted by atomic mass is 16.3. The number of nitrogens with zero attached hydrogens (tertiary/aromatic N) is 1. The average Bonchev–Trinajstić information content (AvgIpc) is 3.34. The Bertz CT molecular complexity index is 1310. The molecule has 32 heavy (non-hydrogen) atoms. The highest BCUT2D eigenvalue weighted by Crippen LogP contribution is 2.27. The quantitative estimate of drug-likeness (QED) is 0.262. The van der Waals surface area contributed by atoms with Crippen LogP contribution in [0.4, 0.5) is 0 Å². The minimum atomic E-state index is -0.148. The van der Waals surface area contributed by atoms with E-state index in [1.54, 1.807) is 6.26 Å². The molecule has 0 aliphatic rings. The maximum atomic E-state index is 5.55. The van der Waals surface area contributed by atoms with Crippen molar-refractivity contribution >= 4 is 22.8 Å². The van der Waals surface area contributed by atoms with Crippen molar-refractivity contribution in [3.8, 4) is 0 Å². The maximum Gasteiger partial charge on any atom is 0.133 e. The second-order valence-electron chi connectivity index (χ2n) is 7.64. The Balaban J connectivity index is 1.64. The smallest absolute Gasteiger partial charge is 0.133 e. The molecule has 4 aromatic carbocycles. The van der Waals surface area contributed by atoms with Crippen LogP contribution in [0.1, 0.15) is 28.3 Å². The summed E-state index contributed by atoms with van der Waals surface area (Å²) in [5.74, 6) is 0. The zero-order valence-electron chi connectivity index (χ0n) is 17.6. The molecule has 1 heterocycles. The molecule has 5 rings (SSSR count). The minimum absolute atomic E-state index is 0.148. The number of hydrogen-bond donors (Lipinski definition) is 0. The van der Waals surface area contributed by atoms with Crippen molar-refractivity contribution in [1.29, 1.82) is 0 Å². The zero-order valence-corrected chi connectivity index (χ0v) is 17.6. The Kier molecular flexibility index (Phi) is 5.76. The molecule has 0 N–H and O–H groups in total. The molecule has 2 nitrogen and oxygen atoms in total. The third-order valence-corrected chi connectivity index (χ3v) is 5.45. The molecule has 0 amide bonds. The van der Waals surface area contributed by atoms with Gasteiger partial charge in [0.25, 0.3) is 0 Å². The molecule has 0 aliphatic heterocycles. The van der Waals surface area contributed by atoms with Crippen molar-refractivity contribution in [2.45, 2.75) is 6.04 Å². The van der Waals surface area contributed by atoms with Crippen LogP contribution < -0.4 is 0 Å². The van der Waals surface area contributed by atoms with Crippen LogP contribution in [0.15, 0.2) is 137 Å². The van der Waals surface area contributed by atoms with E-state index in [-0.39, 0.29) is 6.04 Å². The SMILES string of the molecule is C(=C\C(N=C(c1ccccc1)c1ccccc1)c1ccc2occc2c1)/c1ccccc1. The van der Waals surface area contributed by atoms with Gasteiger partial charge in [0, 0.05) is 16.5 Å². The molecule has 0 saturated heterocycles. The molecule has 5 aromatic rings. The van der Waals surface area contributed by atoms with Crippen LogP contribution in [0.2, 0.25) is 0 Å². The van der Waals surface area contributed by atoms with Gasteiger partial charge in [0.05, 0.1) is 18.0 Å². The van der Waals surface area contributed by atoms with Gasteiger partial charge in [-0.25, -0.2) is 0 Å². The second-order valence-corrected chi connectivity index (χ2v) is 7.64. The lowest BCUT2D eigenvalue weighted by Gasteiger charge is -2.14. The fourth-order valence-corrected chi connectivity index (χ4v) is 3.81. The first-order chi connectivity index (χ1) is 15.9. The van der Waals surface area contributed by atoms with E-state index in [0.717, 1.165) is 38.9 Å². The summed E-state index contributed by atoms with van der Waals surface area (Å²) >= 11 is 0. The van der Waals surface area contributed by atoms with Crippen molar-refractivity contribution in [2.24, 2.45) is 4.99 Å². The van der Waals surface area contributed by atoms with E-state index in [0.29, 0.717) is 0 Å². The van der Waals surface area contributed by atoms with Crippen molar-refractivity contribution in [3.05, 3.63) is 150 Å². The Morgan fingerprint density at radius 1 is 0.688 bits per heavy atom. The Morgan fingerprint density at radius 3 is 1.97 bits per heavy atom. The number of aliphatic imine (C=N–C) groups is 1. The number of hydrogen-bond acceptors (Lipinski definition) is 2. The summed E-state index contributed by atoms with van der Waals surface area (Å²) in [6, 6.07) is 39.2. The molecule has 0 saturated carbocycles. The molecule has 154 valence electrons. The predicted octanol–water partition coefficient (Wildman–Crippen LogP) is 7.72. The molecule has 1 atom stereocenters. The van der Waals surface area contributed by atoms with Gasteiger partial charge >= 0.3 is 0 Å². The van der Waals surface area contributed by atoms with Crippen LogP contribution in [0, 0.1) is 0 Å². The molecule has 0 aliphatic carbocycles. The number of benzene rings is 4. The van der Waals surface area contributed by atoms with E-state index in [2.05, 4.69) is 97.1 Å². The van der Waals surface area contributed by atoms with Gasteiger partial charge in [-0.1, -0.05) is 109 Å². The van der Waals surface area contributed by atoms with E-state index in [1.165, 1.54) is 0 Å². The summed E-state index contributed by atoms with van der Waals surface area (Å²) in [4.78, 5) is 5.29. The molecule has 0 fully saturated rings. The fraction of sp³-hybridized carbons (Fsp3) is 0.0333. The van der Waals surface area contributed by atoms with E-state index < -0.39 is 0 Å². The Morgan fingerprint density at radius 2 is 1.31 bits per heavy atom. The number of furan rings is 1. The number of fused-ring (bicyclic) bond motifs is 1. The van der Waals surface area contributed by atoms with Crippen molar-refractivity contribution in [2.75, 3.05) is 0 Å². The summed E-state index contributed by atoms with van der Waals surface area (Å²) in [6.45, 7) is 0. The second kappa shape index (κ2) is 9.32.